The summed E-state index contributed by atoms with van der Waals surface area (Å²) in [5.41, 5.74) is 0. The summed E-state index contributed by atoms with van der Waals surface area (Å²) in [6.07, 6.45) is -0.593. The number of hydrogen-bond donors (Lipinski definition) is 2. The molecule has 2 N–H and O–H groups in total. The monoisotopic (exact) mass is 160 g/mol. The van der Waals surface area contributed by atoms with Crippen LogP contribution in [0.1, 0.15) is 12.8 Å². The Kier molecular flexibility index (Phi) is 14.6. The third-order valence-electron chi connectivity index (χ3n) is 0.553. The van der Waals surface area contributed by atoms with Crippen LogP contribution in [-0.4, -0.2) is 22.2 Å². The molecular formula is C4H6FNaO4. The molecular weight excluding hydrogens is 154 g/mol. The van der Waals surface area contributed by atoms with E-state index < -0.39 is 11.9 Å². The number of hydrogen-bond acceptors (Lipinski definition) is 2. The smallest absolute Gasteiger partial charge is 1.00 e. The predicted octanol–water partition coefficient (Wildman–Crippen LogP) is -6.06. The van der Waals surface area contributed by atoms with Gasteiger partial charge >= 0.3 is 41.5 Å². The number of carbonyl (C=O) groups is 2. The zero-order valence-corrected chi connectivity index (χ0v) is 7.50. The number of rotatable bonds is 3. The van der Waals surface area contributed by atoms with Crippen LogP contribution < -0.4 is 34.3 Å². The molecule has 0 aromatic heterocycles. The molecule has 0 aliphatic rings. The fourth-order valence-electron chi connectivity index (χ4n) is 0.214. The van der Waals surface area contributed by atoms with Crippen molar-refractivity contribution in [3.05, 3.63) is 0 Å². The van der Waals surface area contributed by atoms with Crippen molar-refractivity contribution < 1.29 is 54.1 Å². The molecule has 4 nitrogen and oxygen atoms in total. The summed E-state index contributed by atoms with van der Waals surface area (Å²) in [7, 11) is 0. The zero-order chi connectivity index (χ0) is 6.57. The van der Waals surface area contributed by atoms with E-state index in [1.165, 1.54) is 0 Å². The van der Waals surface area contributed by atoms with Crippen molar-refractivity contribution in [2.75, 3.05) is 0 Å². The fraction of sp³-hybridized carbons (Fsp3) is 0.500. The van der Waals surface area contributed by atoms with Crippen molar-refractivity contribution >= 4 is 11.9 Å². The summed E-state index contributed by atoms with van der Waals surface area (Å²) in [5.74, 6) is -2.15. The molecule has 0 aromatic rings. The molecule has 0 atom stereocenters. The van der Waals surface area contributed by atoms with E-state index in [1.807, 2.05) is 0 Å². The van der Waals surface area contributed by atoms with Gasteiger partial charge in [0.2, 0.25) is 0 Å². The van der Waals surface area contributed by atoms with Gasteiger partial charge in [0.05, 0.1) is 12.8 Å². The van der Waals surface area contributed by atoms with Crippen molar-refractivity contribution in [2.45, 2.75) is 12.8 Å². The van der Waals surface area contributed by atoms with Gasteiger partial charge < -0.3 is 14.9 Å². The topological polar surface area (TPSA) is 74.6 Å². The second-order valence-electron chi connectivity index (χ2n) is 1.29. The Morgan fingerprint density at radius 2 is 1.20 bits per heavy atom. The molecule has 54 valence electrons. The van der Waals surface area contributed by atoms with Crippen molar-refractivity contribution in [3.8, 4) is 0 Å². The van der Waals surface area contributed by atoms with Gasteiger partial charge in [0.1, 0.15) is 0 Å². The second kappa shape index (κ2) is 8.87. The molecule has 0 radical (unpaired) electrons. The van der Waals surface area contributed by atoms with Crippen LogP contribution in [0.2, 0.25) is 0 Å². The minimum atomic E-state index is -1.08. The van der Waals surface area contributed by atoms with Crippen molar-refractivity contribution in [1.82, 2.24) is 0 Å². The Balaban J connectivity index is -0.000000245. The first-order valence-electron chi connectivity index (χ1n) is 2.06. The van der Waals surface area contributed by atoms with Crippen LogP contribution in [0.25, 0.3) is 0 Å². The van der Waals surface area contributed by atoms with Gasteiger partial charge in [0, 0.05) is 0 Å². The molecule has 0 amide bonds. The Hall–Kier alpha value is -0.130. The van der Waals surface area contributed by atoms with Gasteiger partial charge in [-0.2, -0.15) is 0 Å². The zero-order valence-electron chi connectivity index (χ0n) is 5.50. The van der Waals surface area contributed by atoms with Crippen molar-refractivity contribution in [1.29, 1.82) is 0 Å². The van der Waals surface area contributed by atoms with E-state index in [2.05, 4.69) is 0 Å². The average Bonchev–Trinajstić information content (AvgIpc) is 1.61. The maximum atomic E-state index is 9.64. The summed E-state index contributed by atoms with van der Waals surface area (Å²) >= 11 is 0. The van der Waals surface area contributed by atoms with Crippen LogP contribution >= 0.6 is 0 Å². The standard InChI is InChI=1S/C4H6O4.FH.Na/c5-3(6)1-2-4(7)8;;/h1-2H2,(H,5,6)(H,7,8);1H;/q;;+1/p-1. The van der Waals surface area contributed by atoms with Crippen LogP contribution in [0.15, 0.2) is 0 Å². The normalized spacial score (nSPS) is 6.80. The van der Waals surface area contributed by atoms with Crippen LogP contribution in [-0.2, 0) is 9.59 Å². The molecule has 10 heavy (non-hydrogen) atoms. The number of aliphatic carboxylic acids is 2. The van der Waals surface area contributed by atoms with Gasteiger partial charge in [-0.05, 0) is 0 Å². The van der Waals surface area contributed by atoms with Gasteiger partial charge in [0.25, 0.3) is 0 Å². The second-order valence-corrected chi connectivity index (χ2v) is 1.29. The largest absolute Gasteiger partial charge is 1.00 e. The molecule has 0 aliphatic heterocycles. The first-order chi connectivity index (χ1) is 3.63. The molecule has 0 aliphatic carbocycles. The molecule has 6 heteroatoms. The first kappa shape index (κ1) is 16.5. The van der Waals surface area contributed by atoms with Gasteiger partial charge in [-0.3, -0.25) is 9.59 Å². The van der Waals surface area contributed by atoms with Gasteiger partial charge in [-0.1, -0.05) is 0 Å². The van der Waals surface area contributed by atoms with E-state index in [0.29, 0.717) is 0 Å². The average molecular weight is 160 g/mol. The predicted molar refractivity (Wildman–Crippen MR) is 24.5 cm³/mol. The minimum Gasteiger partial charge on any atom is -1.00 e. The summed E-state index contributed by atoms with van der Waals surface area (Å²) in [6.45, 7) is 0. The van der Waals surface area contributed by atoms with E-state index in [-0.39, 0.29) is 47.1 Å². The van der Waals surface area contributed by atoms with Crippen molar-refractivity contribution in [3.63, 3.8) is 0 Å². The van der Waals surface area contributed by atoms with Gasteiger partial charge in [-0.25, -0.2) is 0 Å². The summed E-state index contributed by atoms with van der Waals surface area (Å²) in [5, 5.41) is 15.8. The molecule has 0 saturated carbocycles. The first-order valence-corrected chi connectivity index (χ1v) is 2.06. The maximum absolute atomic E-state index is 9.64. The van der Waals surface area contributed by atoms with Crippen LogP contribution in [0, 0.1) is 0 Å². The van der Waals surface area contributed by atoms with E-state index >= 15 is 0 Å². The number of halogens is 1. The minimum absolute atomic E-state index is 0. The number of carboxylic acid groups (broad SMARTS) is 2. The molecule has 0 unspecified atom stereocenters. The molecule has 0 saturated heterocycles. The van der Waals surface area contributed by atoms with Crippen LogP contribution in [0.4, 0.5) is 0 Å². The molecule has 0 aromatic carbocycles. The van der Waals surface area contributed by atoms with E-state index in [1.54, 1.807) is 0 Å². The van der Waals surface area contributed by atoms with Gasteiger partial charge in [0.15, 0.2) is 0 Å². The summed E-state index contributed by atoms with van der Waals surface area (Å²) in [4.78, 5) is 19.3. The number of carboxylic acids is 2. The van der Waals surface area contributed by atoms with E-state index in [0.717, 1.165) is 0 Å². The van der Waals surface area contributed by atoms with Crippen molar-refractivity contribution in [2.24, 2.45) is 0 Å². The third kappa shape index (κ3) is 15.7. The molecule has 0 heterocycles. The third-order valence-corrected chi connectivity index (χ3v) is 0.553. The Labute approximate surface area is 78.9 Å². The molecule has 0 fully saturated rings. The quantitative estimate of drug-likeness (QED) is 0.403. The summed E-state index contributed by atoms with van der Waals surface area (Å²) in [6, 6.07) is 0. The molecule has 0 rings (SSSR count). The van der Waals surface area contributed by atoms with Gasteiger partial charge in [-0.15, -0.1) is 0 Å². The Morgan fingerprint density at radius 1 is 1.00 bits per heavy atom. The fourth-order valence-corrected chi connectivity index (χ4v) is 0.214. The molecule has 0 bridgehead atoms. The SMILES string of the molecule is O=C(O)CCC(=O)O.[F-].[Na+]. The Bertz CT molecular complexity index is 102. The Morgan fingerprint density at radius 3 is 1.30 bits per heavy atom. The maximum Gasteiger partial charge on any atom is 1.00 e. The van der Waals surface area contributed by atoms with E-state index in [4.69, 9.17) is 10.2 Å². The van der Waals surface area contributed by atoms with Crippen LogP contribution in [0.3, 0.4) is 0 Å². The molecule has 0 spiro atoms. The van der Waals surface area contributed by atoms with E-state index in [9.17, 15) is 9.59 Å². The summed E-state index contributed by atoms with van der Waals surface area (Å²) < 4.78 is 0. The van der Waals surface area contributed by atoms with Crippen LogP contribution in [0.5, 0.6) is 0 Å².